The highest BCUT2D eigenvalue weighted by molar-refractivity contribution is 5.99. The molecule has 40 heavy (non-hydrogen) atoms. The summed E-state index contributed by atoms with van der Waals surface area (Å²) in [5.74, 6) is 0.520. The normalized spacial score (nSPS) is 19.6. The van der Waals surface area contributed by atoms with E-state index in [0.29, 0.717) is 54.2 Å². The maximum atomic E-state index is 13.4. The van der Waals surface area contributed by atoms with Crippen LogP contribution in [0.5, 0.6) is 5.75 Å². The lowest BCUT2D eigenvalue weighted by atomic mass is 10.1. The van der Waals surface area contributed by atoms with Crippen LogP contribution in [-0.2, 0) is 9.53 Å². The van der Waals surface area contributed by atoms with Crippen LogP contribution in [0.1, 0.15) is 66.0 Å². The quantitative estimate of drug-likeness (QED) is 0.542. The topological polar surface area (TPSA) is 99.8 Å². The summed E-state index contributed by atoms with van der Waals surface area (Å²) in [6.45, 7) is 13.4. The molecule has 1 saturated heterocycles. The first-order chi connectivity index (χ1) is 19.5. The number of anilines is 1. The highest BCUT2D eigenvalue weighted by Crippen LogP contribution is 2.31. The number of benzene rings is 1. The number of nitrogens with zero attached hydrogens (tertiary/aromatic N) is 3. The second kappa shape index (κ2) is 15.4. The van der Waals surface area contributed by atoms with Crippen LogP contribution in [0.2, 0.25) is 0 Å². The van der Waals surface area contributed by atoms with Gasteiger partial charge in [-0.1, -0.05) is 45.9 Å². The van der Waals surface area contributed by atoms with Crippen LogP contribution >= 0.6 is 0 Å². The molecule has 3 heterocycles. The molecule has 4 bridgehead atoms. The third-order valence-electron chi connectivity index (χ3n) is 6.90. The minimum Gasteiger partial charge on any atom is -0.491 e. The van der Waals surface area contributed by atoms with Gasteiger partial charge in [-0.15, -0.1) is 0 Å². The molecule has 9 nitrogen and oxygen atoms in total. The van der Waals surface area contributed by atoms with E-state index >= 15 is 0 Å². The Morgan fingerprint density at radius 1 is 1.02 bits per heavy atom. The number of hydrogen-bond donors (Lipinski definition) is 2. The molecule has 5 rings (SSSR count). The number of rotatable bonds is 2. The first-order valence-corrected chi connectivity index (χ1v) is 14.7. The number of hydrogen-bond acceptors (Lipinski definition) is 7. The summed E-state index contributed by atoms with van der Waals surface area (Å²) in [6, 6.07) is 3.97. The van der Waals surface area contributed by atoms with Gasteiger partial charge in [0.15, 0.2) is 0 Å². The molecule has 1 aliphatic carbocycles. The van der Waals surface area contributed by atoms with Crippen molar-refractivity contribution >= 4 is 28.2 Å². The zero-order valence-corrected chi connectivity index (χ0v) is 24.9. The third kappa shape index (κ3) is 7.20. The summed E-state index contributed by atoms with van der Waals surface area (Å²) in [5, 5.41) is 1.66. The van der Waals surface area contributed by atoms with E-state index in [0.717, 1.165) is 38.0 Å². The average molecular weight is 552 g/mol. The fourth-order valence-corrected chi connectivity index (χ4v) is 4.93. The lowest BCUT2D eigenvalue weighted by Gasteiger charge is -2.29. The number of fused-ring (bicyclic) bond motifs is 3. The molecule has 2 N–H and O–H groups in total. The van der Waals surface area contributed by atoms with E-state index in [1.54, 1.807) is 18.1 Å². The summed E-state index contributed by atoms with van der Waals surface area (Å²) in [5.41, 5.74) is 6.38. The highest BCUT2D eigenvalue weighted by Gasteiger charge is 2.24. The van der Waals surface area contributed by atoms with Gasteiger partial charge >= 0.3 is 0 Å². The maximum absolute atomic E-state index is 13.4. The summed E-state index contributed by atoms with van der Waals surface area (Å²) >= 11 is 0. The van der Waals surface area contributed by atoms with Gasteiger partial charge in [-0.3, -0.25) is 14.6 Å². The summed E-state index contributed by atoms with van der Waals surface area (Å²) < 4.78 is 11.8. The zero-order valence-electron chi connectivity index (χ0n) is 24.9. The SMILES string of the molecule is CC.CC.CNN1C(=O)C2=CC(=CCC=C2)c2nc3c(cc(N4CCOCC4)cc3[nH]c2=O)OCCCCC1C. The average Bonchev–Trinajstić information content (AvgIpc) is 3.25. The standard InChI is InChI=1S/C27H33N5O4.2C2H6/c1-18-7-5-6-12-36-23-17-21(31-10-13-35-14-11-31)16-22-25(23)30-24(26(33)29-22)19-8-3-4-9-20(15-19)27(34)32(18)28-2;2*1-2/h4,8-9,15-18,28H,3,5-7,10-14H2,1-2H3,(H,29,33);2*1-2H3. The predicted molar refractivity (Wildman–Crippen MR) is 163 cm³/mol. The number of morpholine rings is 1. The number of aromatic amines is 1. The van der Waals surface area contributed by atoms with Crippen molar-refractivity contribution in [2.75, 3.05) is 44.9 Å². The molecule has 2 aliphatic heterocycles. The van der Waals surface area contributed by atoms with E-state index in [9.17, 15) is 9.59 Å². The molecule has 1 atom stereocenters. The van der Waals surface area contributed by atoms with Crippen LogP contribution in [0.3, 0.4) is 0 Å². The molecule has 1 amide bonds. The number of ether oxygens (including phenoxy) is 2. The molecule has 1 aromatic heterocycles. The van der Waals surface area contributed by atoms with E-state index in [4.69, 9.17) is 14.5 Å². The Kier molecular flexibility index (Phi) is 12.0. The highest BCUT2D eigenvalue weighted by atomic mass is 16.5. The van der Waals surface area contributed by atoms with Crippen molar-refractivity contribution in [1.82, 2.24) is 20.4 Å². The number of allylic oxidation sites excluding steroid dienone is 4. The van der Waals surface area contributed by atoms with Crippen LogP contribution in [0.25, 0.3) is 16.6 Å². The molecule has 1 fully saturated rings. The molecule has 1 aromatic carbocycles. The van der Waals surface area contributed by atoms with E-state index in [-0.39, 0.29) is 23.2 Å². The van der Waals surface area contributed by atoms with Gasteiger partial charge in [0.1, 0.15) is 17.0 Å². The lowest BCUT2D eigenvalue weighted by molar-refractivity contribution is -0.132. The fourth-order valence-electron chi connectivity index (χ4n) is 4.93. The number of nitrogens with one attached hydrogen (secondary N) is 2. The van der Waals surface area contributed by atoms with Crippen molar-refractivity contribution < 1.29 is 14.3 Å². The van der Waals surface area contributed by atoms with E-state index in [1.165, 1.54) is 0 Å². The molecule has 1 unspecified atom stereocenters. The van der Waals surface area contributed by atoms with Crippen LogP contribution in [0, 0.1) is 0 Å². The van der Waals surface area contributed by atoms with Crippen LogP contribution in [-0.4, -0.2) is 66.9 Å². The number of H-pyrrole nitrogens is 1. The summed E-state index contributed by atoms with van der Waals surface area (Å²) in [4.78, 5) is 36.7. The Bertz CT molecular complexity index is 1290. The lowest BCUT2D eigenvalue weighted by Crippen LogP contribution is -2.47. The van der Waals surface area contributed by atoms with Crippen molar-refractivity contribution in [1.29, 1.82) is 0 Å². The van der Waals surface area contributed by atoms with Crippen molar-refractivity contribution in [3.8, 4) is 5.75 Å². The first-order valence-electron chi connectivity index (χ1n) is 14.7. The Morgan fingerprint density at radius 2 is 1.77 bits per heavy atom. The number of aromatic nitrogens is 2. The van der Waals surface area contributed by atoms with Crippen molar-refractivity contribution in [3.63, 3.8) is 0 Å². The number of carbonyl (C=O) groups excluding carboxylic acids is 1. The second-order valence-corrected chi connectivity index (χ2v) is 9.34. The Balaban J connectivity index is 0.00000106. The molecular weight excluding hydrogens is 506 g/mol. The Labute approximate surface area is 237 Å². The molecule has 0 radical (unpaired) electrons. The zero-order chi connectivity index (χ0) is 29.1. The predicted octanol–water partition coefficient (Wildman–Crippen LogP) is 5.00. The van der Waals surface area contributed by atoms with E-state index < -0.39 is 0 Å². The first kappa shape index (κ1) is 31.1. The van der Waals surface area contributed by atoms with E-state index in [2.05, 4.69) is 15.3 Å². The van der Waals surface area contributed by atoms with Crippen molar-refractivity contribution in [2.45, 2.75) is 66.3 Å². The Morgan fingerprint density at radius 3 is 2.50 bits per heavy atom. The van der Waals surface area contributed by atoms with Crippen LogP contribution in [0.15, 0.2) is 46.8 Å². The monoisotopic (exact) mass is 551 g/mol. The summed E-state index contributed by atoms with van der Waals surface area (Å²) in [6.07, 6.45) is 10.6. The third-order valence-corrected chi connectivity index (χ3v) is 6.90. The van der Waals surface area contributed by atoms with E-state index in [1.807, 2.05) is 65.0 Å². The van der Waals surface area contributed by atoms with Gasteiger partial charge in [-0.25, -0.2) is 10.4 Å². The fraction of sp³-hybridized carbons (Fsp3) is 0.516. The maximum Gasteiger partial charge on any atom is 0.274 e. The van der Waals surface area contributed by atoms with Gasteiger partial charge < -0.3 is 19.4 Å². The largest absolute Gasteiger partial charge is 0.491 e. The van der Waals surface area contributed by atoms with Crippen LogP contribution in [0.4, 0.5) is 5.69 Å². The Hall–Kier alpha value is -3.43. The van der Waals surface area contributed by atoms with Crippen molar-refractivity contribution in [2.24, 2.45) is 0 Å². The van der Waals surface area contributed by atoms with Gasteiger partial charge in [0, 0.05) is 49.1 Å². The van der Waals surface area contributed by atoms with Gasteiger partial charge in [0.05, 0.1) is 25.3 Å². The molecule has 0 spiro atoms. The second-order valence-electron chi connectivity index (χ2n) is 9.34. The van der Waals surface area contributed by atoms with Gasteiger partial charge in [0.25, 0.3) is 11.5 Å². The van der Waals surface area contributed by atoms with Crippen molar-refractivity contribution in [3.05, 3.63) is 58.1 Å². The number of carbonyl (C=O) groups is 1. The number of hydrazine groups is 1. The minimum atomic E-state index is -0.299. The number of amides is 1. The minimum absolute atomic E-state index is 0.00320. The molecule has 3 aliphatic rings. The molecule has 0 saturated carbocycles. The molecule has 218 valence electrons. The van der Waals surface area contributed by atoms with Crippen LogP contribution < -0.4 is 20.6 Å². The van der Waals surface area contributed by atoms with Gasteiger partial charge in [0.2, 0.25) is 0 Å². The van der Waals surface area contributed by atoms with Gasteiger partial charge in [-0.2, -0.15) is 0 Å². The molecule has 9 heteroatoms. The van der Waals surface area contributed by atoms with Gasteiger partial charge in [-0.05, 0) is 44.7 Å². The smallest absolute Gasteiger partial charge is 0.274 e. The molecule has 2 aromatic rings. The molecular formula is C31H45N5O4. The summed E-state index contributed by atoms with van der Waals surface area (Å²) in [7, 11) is 1.76.